The van der Waals surface area contributed by atoms with E-state index in [-0.39, 0.29) is 11.7 Å². The molecule has 4 rings (SSSR count). The molecule has 4 aliphatic rings. The molecule has 0 aromatic rings. The normalized spacial score (nSPS) is 51.6. The van der Waals surface area contributed by atoms with Gasteiger partial charge in [-0.25, -0.2) is 0 Å². The predicted octanol–water partition coefficient (Wildman–Crippen LogP) is 1.86. The van der Waals surface area contributed by atoms with Gasteiger partial charge in [0.05, 0.1) is 13.2 Å². The second-order valence-corrected chi connectivity index (χ2v) is 7.15. The molecule has 1 saturated heterocycles. The third-order valence-corrected chi connectivity index (χ3v) is 5.27. The summed E-state index contributed by atoms with van der Waals surface area (Å²) in [6.07, 6.45) is 1.97. The molecule has 0 aromatic heterocycles. The average Bonchev–Trinajstić information content (AvgIpc) is 2.87. The lowest BCUT2D eigenvalue weighted by molar-refractivity contribution is -0.235. The van der Waals surface area contributed by atoms with Gasteiger partial charge in [-0.1, -0.05) is 13.8 Å². The molecule has 3 heteroatoms. The molecule has 1 heterocycles. The summed E-state index contributed by atoms with van der Waals surface area (Å²) in [6.45, 7) is 5.97. The van der Waals surface area contributed by atoms with Gasteiger partial charge in [0.25, 0.3) is 0 Å². The van der Waals surface area contributed by atoms with Crippen molar-refractivity contribution in [3.05, 3.63) is 0 Å². The molecule has 4 fully saturated rings. The van der Waals surface area contributed by atoms with Gasteiger partial charge < -0.3 is 9.47 Å². The van der Waals surface area contributed by atoms with Gasteiger partial charge in [0, 0.05) is 23.7 Å². The Labute approximate surface area is 102 Å². The van der Waals surface area contributed by atoms with Crippen molar-refractivity contribution >= 4 is 5.78 Å². The number of fused-ring (bicyclic) bond motifs is 3. The molecule has 0 N–H and O–H groups in total. The molecular formula is C14H20O3. The van der Waals surface area contributed by atoms with Crippen LogP contribution in [0.4, 0.5) is 0 Å². The molecule has 0 radical (unpaired) electrons. The third-order valence-electron chi connectivity index (χ3n) is 5.27. The summed E-state index contributed by atoms with van der Waals surface area (Å²) < 4.78 is 11.8. The molecule has 94 valence electrons. The molecule has 0 amide bonds. The van der Waals surface area contributed by atoms with Crippen LogP contribution in [0.15, 0.2) is 0 Å². The zero-order valence-corrected chi connectivity index (χ0v) is 10.5. The first-order valence-corrected chi connectivity index (χ1v) is 6.83. The van der Waals surface area contributed by atoms with Crippen LogP contribution in [0.2, 0.25) is 0 Å². The van der Waals surface area contributed by atoms with E-state index in [1.54, 1.807) is 0 Å². The van der Waals surface area contributed by atoms with Crippen molar-refractivity contribution < 1.29 is 14.3 Å². The average molecular weight is 236 g/mol. The Kier molecular flexibility index (Phi) is 1.93. The summed E-state index contributed by atoms with van der Waals surface area (Å²) in [5.41, 5.74) is 0.162. The molecule has 3 saturated carbocycles. The summed E-state index contributed by atoms with van der Waals surface area (Å²) in [4.78, 5) is 11.4. The Morgan fingerprint density at radius 3 is 2.41 bits per heavy atom. The minimum absolute atomic E-state index is 0.0228. The maximum Gasteiger partial charge on any atom is 0.160 e. The van der Waals surface area contributed by atoms with E-state index < -0.39 is 0 Å². The standard InChI is InChI=1S/C14H20O3/c1-14(2)5-16-13(17-6-14)12-9-3-7-8(11(9)12)4-10(7)15/h7-9,11-13H,3-6H2,1-2H3/t7-,8+,9+,11-,12+/m0/s1. The van der Waals surface area contributed by atoms with Gasteiger partial charge in [-0.3, -0.25) is 4.79 Å². The molecular weight excluding hydrogens is 216 g/mol. The van der Waals surface area contributed by atoms with Crippen molar-refractivity contribution in [2.24, 2.45) is 35.0 Å². The summed E-state index contributed by atoms with van der Waals surface area (Å²) in [7, 11) is 0. The highest BCUT2D eigenvalue weighted by Crippen LogP contribution is 2.69. The van der Waals surface area contributed by atoms with Crippen LogP contribution in [0.3, 0.4) is 0 Å². The van der Waals surface area contributed by atoms with E-state index in [4.69, 9.17) is 9.47 Å². The molecule has 0 bridgehead atoms. The monoisotopic (exact) mass is 236 g/mol. The molecule has 0 spiro atoms. The zero-order chi connectivity index (χ0) is 11.8. The van der Waals surface area contributed by atoms with Crippen molar-refractivity contribution in [2.75, 3.05) is 13.2 Å². The van der Waals surface area contributed by atoms with Crippen molar-refractivity contribution in [1.29, 1.82) is 0 Å². The van der Waals surface area contributed by atoms with Gasteiger partial charge in [0.2, 0.25) is 0 Å². The van der Waals surface area contributed by atoms with E-state index in [9.17, 15) is 4.79 Å². The fourth-order valence-electron chi connectivity index (χ4n) is 4.26. The van der Waals surface area contributed by atoms with E-state index in [0.717, 1.165) is 37.9 Å². The number of hydrogen-bond acceptors (Lipinski definition) is 3. The van der Waals surface area contributed by atoms with E-state index in [0.29, 0.717) is 23.5 Å². The Morgan fingerprint density at radius 1 is 1.12 bits per heavy atom. The van der Waals surface area contributed by atoms with Gasteiger partial charge >= 0.3 is 0 Å². The van der Waals surface area contributed by atoms with Gasteiger partial charge in [0.15, 0.2) is 6.29 Å². The lowest BCUT2D eigenvalue weighted by Crippen LogP contribution is -2.42. The maximum absolute atomic E-state index is 11.4. The summed E-state index contributed by atoms with van der Waals surface area (Å²) in [5.74, 6) is 3.67. The first-order valence-electron chi connectivity index (χ1n) is 6.83. The largest absolute Gasteiger partial charge is 0.352 e. The lowest BCUT2D eigenvalue weighted by atomic mass is 9.71. The molecule has 3 aliphatic carbocycles. The van der Waals surface area contributed by atoms with Crippen LogP contribution in [0.1, 0.15) is 26.7 Å². The second kappa shape index (κ2) is 3.12. The SMILES string of the molecule is CC1(C)COC([C@@H]2[C@@H]3C[C@@H]4C(=O)C[C@H]4[C@@H]32)OC1. The van der Waals surface area contributed by atoms with E-state index >= 15 is 0 Å². The Bertz CT molecular complexity index is 366. The Hall–Kier alpha value is -0.410. The fourth-order valence-corrected chi connectivity index (χ4v) is 4.26. The van der Waals surface area contributed by atoms with Gasteiger partial charge in [-0.2, -0.15) is 0 Å². The van der Waals surface area contributed by atoms with E-state index in [1.165, 1.54) is 0 Å². The zero-order valence-electron chi connectivity index (χ0n) is 10.5. The Balaban J connectivity index is 1.40. The van der Waals surface area contributed by atoms with Crippen LogP contribution in [-0.2, 0) is 14.3 Å². The summed E-state index contributed by atoms with van der Waals surface area (Å²) in [5, 5.41) is 0. The predicted molar refractivity (Wildman–Crippen MR) is 61.2 cm³/mol. The minimum atomic E-state index is 0.0228. The number of ketones is 1. The topological polar surface area (TPSA) is 35.5 Å². The summed E-state index contributed by atoms with van der Waals surface area (Å²) >= 11 is 0. The number of Topliss-reactive ketones (excluding diaryl/α,β-unsaturated/α-hetero) is 1. The van der Waals surface area contributed by atoms with Crippen molar-refractivity contribution in [2.45, 2.75) is 33.0 Å². The van der Waals surface area contributed by atoms with E-state index in [1.807, 2.05) is 0 Å². The van der Waals surface area contributed by atoms with Crippen LogP contribution in [0.25, 0.3) is 0 Å². The number of carbonyl (C=O) groups is 1. The highest BCUT2D eigenvalue weighted by molar-refractivity contribution is 5.88. The molecule has 5 atom stereocenters. The number of hydrogen-bond donors (Lipinski definition) is 0. The van der Waals surface area contributed by atoms with Crippen LogP contribution < -0.4 is 0 Å². The third kappa shape index (κ3) is 1.39. The van der Waals surface area contributed by atoms with Gasteiger partial charge in [-0.15, -0.1) is 0 Å². The molecule has 3 nitrogen and oxygen atoms in total. The highest BCUT2D eigenvalue weighted by atomic mass is 16.7. The molecule has 1 aliphatic heterocycles. The van der Waals surface area contributed by atoms with Crippen molar-refractivity contribution in [1.82, 2.24) is 0 Å². The van der Waals surface area contributed by atoms with Crippen LogP contribution >= 0.6 is 0 Å². The molecule has 0 unspecified atom stereocenters. The highest BCUT2D eigenvalue weighted by Gasteiger charge is 2.69. The summed E-state index contributed by atoms with van der Waals surface area (Å²) in [6, 6.07) is 0. The van der Waals surface area contributed by atoms with Crippen LogP contribution in [0, 0.1) is 35.0 Å². The number of carbonyl (C=O) groups excluding carboxylic acids is 1. The quantitative estimate of drug-likeness (QED) is 0.697. The van der Waals surface area contributed by atoms with Crippen LogP contribution in [-0.4, -0.2) is 25.3 Å². The number of ether oxygens (including phenoxy) is 2. The second-order valence-electron chi connectivity index (χ2n) is 7.15. The Morgan fingerprint density at radius 2 is 1.82 bits per heavy atom. The molecule has 17 heavy (non-hydrogen) atoms. The first-order chi connectivity index (χ1) is 8.07. The first kappa shape index (κ1) is 10.5. The van der Waals surface area contributed by atoms with Gasteiger partial charge in [-0.05, 0) is 24.2 Å². The van der Waals surface area contributed by atoms with Crippen LogP contribution in [0.5, 0.6) is 0 Å². The lowest BCUT2D eigenvalue weighted by Gasteiger charge is -2.38. The van der Waals surface area contributed by atoms with Crippen molar-refractivity contribution in [3.8, 4) is 0 Å². The maximum atomic E-state index is 11.4. The van der Waals surface area contributed by atoms with Crippen molar-refractivity contribution in [3.63, 3.8) is 0 Å². The molecule has 0 aromatic carbocycles. The fraction of sp³-hybridized carbons (Fsp3) is 0.929. The van der Waals surface area contributed by atoms with E-state index in [2.05, 4.69) is 13.8 Å². The number of rotatable bonds is 1. The smallest absolute Gasteiger partial charge is 0.160 e. The minimum Gasteiger partial charge on any atom is -0.352 e. The van der Waals surface area contributed by atoms with Gasteiger partial charge in [0.1, 0.15) is 5.78 Å².